The number of nitrogens with zero attached hydrogens (tertiary/aromatic N) is 1. The molecule has 0 unspecified atom stereocenters. The van der Waals surface area contributed by atoms with E-state index in [1.807, 2.05) is 11.8 Å². The number of hydrogen-bond acceptors (Lipinski definition) is 2. The molecular formula is C21H19NS. The van der Waals surface area contributed by atoms with Gasteiger partial charge in [-0.1, -0.05) is 41.6 Å². The van der Waals surface area contributed by atoms with Gasteiger partial charge in [-0.05, 0) is 68.3 Å². The van der Waals surface area contributed by atoms with Gasteiger partial charge in [0.2, 0.25) is 0 Å². The monoisotopic (exact) mass is 317 g/mol. The van der Waals surface area contributed by atoms with Crippen molar-refractivity contribution in [2.24, 2.45) is 0 Å². The molecule has 0 aromatic heterocycles. The van der Waals surface area contributed by atoms with Crippen molar-refractivity contribution in [3.8, 4) is 0 Å². The Morgan fingerprint density at radius 3 is 1.61 bits per heavy atom. The molecule has 2 heteroatoms. The van der Waals surface area contributed by atoms with Gasteiger partial charge in [-0.15, -0.1) is 0 Å². The number of fused-ring (bicyclic) bond motifs is 2. The van der Waals surface area contributed by atoms with Gasteiger partial charge in [0.05, 0.1) is 11.4 Å². The molecule has 0 saturated carbocycles. The predicted molar refractivity (Wildman–Crippen MR) is 99.5 cm³/mol. The molecule has 3 aromatic carbocycles. The van der Waals surface area contributed by atoms with Crippen molar-refractivity contribution in [3.05, 3.63) is 77.4 Å². The molecule has 1 nitrogen and oxygen atoms in total. The molecule has 0 N–H and O–H groups in total. The first-order valence-electron chi connectivity index (χ1n) is 7.88. The molecule has 1 heterocycles. The number of hydrogen-bond donors (Lipinski definition) is 0. The predicted octanol–water partition coefficient (Wildman–Crippen LogP) is 6.55. The minimum atomic E-state index is 1.21. The smallest absolute Gasteiger partial charge is 0.0601 e. The Balaban J connectivity index is 1.95. The molecule has 0 bridgehead atoms. The van der Waals surface area contributed by atoms with E-state index in [9.17, 15) is 0 Å². The second kappa shape index (κ2) is 5.47. The topological polar surface area (TPSA) is 3.24 Å². The summed E-state index contributed by atoms with van der Waals surface area (Å²) in [5.41, 5.74) is 7.63. The molecule has 0 aliphatic carbocycles. The summed E-state index contributed by atoms with van der Waals surface area (Å²) < 4.78 is 0. The minimum absolute atomic E-state index is 1.21. The zero-order valence-electron chi connectivity index (χ0n) is 13.6. The summed E-state index contributed by atoms with van der Waals surface area (Å²) >= 11 is 1.87. The number of benzene rings is 3. The van der Waals surface area contributed by atoms with Crippen molar-refractivity contribution < 1.29 is 0 Å². The van der Waals surface area contributed by atoms with Crippen LogP contribution in [0.2, 0.25) is 0 Å². The Kier molecular flexibility index (Phi) is 3.42. The fourth-order valence-electron chi connectivity index (χ4n) is 3.00. The lowest BCUT2D eigenvalue weighted by atomic mass is 10.1. The van der Waals surface area contributed by atoms with E-state index in [0.29, 0.717) is 0 Å². The van der Waals surface area contributed by atoms with Crippen LogP contribution in [0.1, 0.15) is 16.7 Å². The first-order chi connectivity index (χ1) is 11.1. The van der Waals surface area contributed by atoms with Gasteiger partial charge in [0, 0.05) is 15.5 Å². The summed E-state index contributed by atoms with van der Waals surface area (Å²) in [6.07, 6.45) is 0. The van der Waals surface area contributed by atoms with Crippen LogP contribution >= 0.6 is 11.8 Å². The highest BCUT2D eigenvalue weighted by Crippen LogP contribution is 2.51. The van der Waals surface area contributed by atoms with E-state index >= 15 is 0 Å². The normalized spacial score (nSPS) is 12.7. The van der Waals surface area contributed by atoms with Gasteiger partial charge < -0.3 is 4.90 Å². The number of rotatable bonds is 1. The van der Waals surface area contributed by atoms with Crippen molar-refractivity contribution in [2.45, 2.75) is 30.6 Å². The highest BCUT2D eigenvalue weighted by atomic mass is 32.2. The van der Waals surface area contributed by atoms with Gasteiger partial charge >= 0.3 is 0 Å². The summed E-state index contributed by atoms with van der Waals surface area (Å²) in [7, 11) is 0. The Morgan fingerprint density at radius 1 is 0.609 bits per heavy atom. The molecule has 23 heavy (non-hydrogen) atoms. The van der Waals surface area contributed by atoms with Gasteiger partial charge in [0.25, 0.3) is 0 Å². The molecule has 0 spiro atoms. The number of aryl methyl sites for hydroxylation is 3. The summed E-state index contributed by atoms with van der Waals surface area (Å²) in [6, 6.07) is 22.2. The average Bonchev–Trinajstić information content (AvgIpc) is 2.53. The molecule has 1 aliphatic rings. The lowest BCUT2D eigenvalue weighted by molar-refractivity contribution is 1.15. The fraction of sp³-hybridized carbons (Fsp3) is 0.143. The third kappa shape index (κ3) is 2.53. The standard InChI is InChI=1S/C21H19NS/c1-14-4-8-17(9-5-14)22-18-10-6-15(2)12-20(18)23-21-13-16(3)7-11-19(21)22/h4-13H,1-3H3. The van der Waals surface area contributed by atoms with Gasteiger partial charge in [0.15, 0.2) is 0 Å². The van der Waals surface area contributed by atoms with Crippen LogP contribution in [0.5, 0.6) is 0 Å². The molecule has 1 aliphatic heterocycles. The van der Waals surface area contributed by atoms with Crippen molar-refractivity contribution in [3.63, 3.8) is 0 Å². The maximum absolute atomic E-state index is 2.37. The van der Waals surface area contributed by atoms with Crippen molar-refractivity contribution in [2.75, 3.05) is 4.90 Å². The van der Waals surface area contributed by atoms with Crippen LogP contribution in [-0.4, -0.2) is 0 Å². The zero-order valence-corrected chi connectivity index (χ0v) is 14.4. The van der Waals surface area contributed by atoms with E-state index in [2.05, 4.69) is 86.3 Å². The lowest BCUT2D eigenvalue weighted by Crippen LogP contribution is -2.15. The highest BCUT2D eigenvalue weighted by molar-refractivity contribution is 7.99. The molecular weight excluding hydrogens is 298 g/mol. The van der Waals surface area contributed by atoms with Gasteiger partial charge in [-0.3, -0.25) is 0 Å². The van der Waals surface area contributed by atoms with Crippen molar-refractivity contribution in [1.29, 1.82) is 0 Å². The van der Waals surface area contributed by atoms with Gasteiger partial charge in [-0.2, -0.15) is 0 Å². The van der Waals surface area contributed by atoms with E-state index in [1.165, 1.54) is 43.5 Å². The first kappa shape index (κ1) is 14.4. The summed E-state index contributed by atoms with van der Waals surface area (Å²) in [6.45, 7) is 6.44. The second-order valence-electron chi connectivity index (χ2n) is 6.22. The molecule has 0 saturated heterocycles. The highest BCUT2D eigenvalue weighted by Gasteiger charge is 2.24. The molecule has 0 fully saturated rings. The summed E-state index contributed by atoms with van der Waals surface area (Å²) in [4.78, 5) is 5.02. The van der Waals surface area contributed by atoms with E-state index in [0.717, 1.165) is 0 Å². The second-order valence-corrected chi connectivity index (χ2v) is 7.30. The molecule has 4 rings (SSSR count). The van der Waals surface area contributed by atoms with Gasteiger partial charge in [0.1, 0.15) is 0 Å². The Labute approximate surface area is 142 Å². The molecule has 0 radical (unpaired) electrons. The van der Waals surface area contributed by atoms with Crippen LogP contribution in [0.3, 0.4) is 0 Å². The third-order valence-corrected chi connectivity index (χ3v) is 5.32. The molecule has 114 valence electrons. The molecule has 0 amide bonds. The average molecular weight is 317 g/mol. The Bertz CT molecular complexity index is 829. The maximum atomic E-state index is 2.37. The number of anilines is 3. The Morgan fingerprint density at radius 2 is 1.09 bits per heavy atom. The van der Waals surface area contributed by atoms with E-state index in [1.54, 1.807) is 0 Å². The van der Waals surface area contributed by atoms with E-state index in [-0.39, 0.29) is 0 Å². The van der Waals surface area contributed by atoms with Crippen LogP contribution in [0.4, 0.5) is 17.1 Å². The Hall–Kier alpha value is -2.19. The largest absolute Gasteiger partial charge is 0.308 e. The van der Waals surface area contributed by atoms with Crippen LogP contribution in [0, 0.1) is 20.8 Å². The molecule has 3 aromatic rings. The molecule has 0 atom stereocenters. The first-order valence-corrected chi connectivity index (χ1v) is 8.69. The van der Waals surface area contributed by atoms with Crippen molar-refractivity contribution >= 4 is 28.8 Å². The van der Waals surface area contributed by atoms with Crippen LogP contribution < -0.4 is 4.90 Å². The SMILES string of the molecule is Cc1ccc(N2c3ccc(C)cc3Sc3cc(C)ccc32)cc1. The van der Waals surface area contributed by atoms with E-state index < -0.39 is 0 Å². The third-order valence-electron chi connectivity index (χ3n) is 4.22. The van der Waals surface area contributed by atoms with Crippen LogP contribution in [0.25, 0.3) is 0 Å². The fourth-order valence-corrected chi connectivity index (χ4v) is 4.25. The summed E-state index contributed by atoms with van der Waals surface area (Å²) in [5, 5.41) is 0. The van der Waals surface area contributed by atoms with Crippen LogP contribution in [-0.2, 0) is 0 Å². The van der Waals surface area contributed by atoms with Crippen LogP contribution in [0.15, 0.2) is 70.5 Å². The minimum Gasteiger partial charge on any atom is -0.308 e. The van der Waals surface area contributed by atoms with Crippen molar-refractivity contribution in [1.82, 2.24) is 0 Å². The lowest BCUT2D eigenvalue weighted by Gasteiger charge is -2.33. The summed E-state index contributed by atoms with van der Waals surface area (Å²) in [5.74, 6) is 0. The zero-order chi connectivity index (χ0) is 16.0. The van der Waals surface area contributed by atoms with E-state index in [4.69, 9.17) is 0 Å². The maximum Gasteiger partial charge on any atom is 0.0601 e. The quantitative estimate of drug-likeness (QED) is 0.392. The van der Waals surface area contributed by atoms with Gasteiger partial charge in [-0.25, -0.2) is 0 Å².